The van der Waals surface area contributed by atoms with Crippen molar-refractivity contribution in [2.75, 3.05) is 0 Å². The molecule has 1 aliphatic rings. The van der Waals surface area contributed by atoms with Gasteiger partial charge in [0.05, 0.1) is 6.04 Å². The molecular weight excluding hydrogens is 242 g/mol. The number of benzene rings is 1. The van der Waals surface area contributed by atoms with Crippen LogP contribution in [0.15, 0.2) is 54.1 Å². The molecule has 0 spiro atoms. The Kier molecular flexibility index (Phi) is 3.66. The smallest absolute Gasteiger partial charge is 0.203 e. The summed E-state index contributed by atoms with van der Waals surface area (Å²) in [7, 11) is 0. The molecule has 0 heterocycles. The summed E-state index contributed by atoms with van der Waals surface area (Å²) in [5, 5.41) is 20.7. The third-order valence-corrected chi connectivity index (χ3v) is 3.49. The van der Waals surface area contributed by atoms with Crippen LogP contribution in [-0.4, -0.2) is 27.6 Å². The van der Waals surface area contributed by atoms with Crippen LogP contribution in [0.25, 0.3) is 0 Å². The zero-order valence-electron chi connectivity index (χ0n) is 10.7. The minimum absolute atomic E-state index is 0.433. The normalized spacial score (nSPS) is 27.8. The van der Waals surface area contributed by atoms with Gasteiger partial charge in [-0.25, -0.2) is 0 Å². The number of aliphatic hydroxyl groups is 2. The molecule has 4 heteroatoms. The summed E-state index contributed by atoms with van der Waals surface area (Å²) in [6.45, 7) is 1.62. The van der Waals surface area contributed by atoms with Crippen LogP contribution in [0, 0.1) is 0 Å². The van der Waals surface area contributed by atoms with Crippen LogP contribution in [0.3, 0.4) is 0 Å². The van der Waals surface area contributed by atoms with Crippen molar-refractivity contribution < 1.29 is 15.0 Å². The zero-order chi connectivity index (χ0) is 14.0. The summed E-state index contributed by atoms with van der Waals surface area (Å²) < 4.78 is 0. The summed E-state index contributed by atoms with van der Waals surface area (Å²) >= 11 is 0. The Morgan fingerprint density at radius 2 is 2.00 bits per heavy atom. The van der Waals surface area contributed by atoms with E-state index >= 15 is 0 Å². The van der Waals surface area contributed by atoms with E-state index in [0.29, 0.717) is 11.1 Å². The summed E-state index contributed by atoms with van der Waals surface area (Å²) in [5.41, 5.74) is 4.83. The molecule has 3 atom stereocenters. The highest BCUT2D eigenvalue weighted by Gasteiger charge is 2.46. The Morgan fingerprint density at radius 1 is 1.37 bits per heavy atom. The largest absolute Gasteiger partial charge is 0.380 e. The van der Waals surface area contributed by atoms with Gasteiger partial charge >= 0.3 is 0 Å². The van der Waals surface area contributed by atoms with E-state index in [-0.39, 0.29) is 0 Å². The van der Waals surface area contributed by atoms with Crippen molar-refractivity contribution >= 4 is 5.78 Å². The molecule has 0 amide bonds. The number of carbonyl (C=O) groups is 1. The molecule has 4 nitrogen and oxygen atoms in total. The van der Waals surface area contributed by atoms with Crippen LogP contribution in [0.1, 0.15) is 18.6 Å². The molecule has 0 bridgehead atoms. The van der Waals surface area contributed by atoms with Crippen molar-refractivity contribution in [2.24, 2.45) is 5.73 Å². The van der Waals surface area contributed by atoms with Gasteiger partial charge in [0.2, 0.25) is 5.78 Å². The summed E-state index contributed by atoms with van der Waals surface area (Å²) in [6, 6.07) is 7.64. The van der Waals surface area contributed by atoms with E-state index in [1.54, 1.807) is 55.5 Å². The first-order valence-corrected chi connectivity index (χ1v) is 6.08. The molecule has 0 radical (unpaired) electrons. The number of allylic oxidation sites excluding steroid dienone is 2. The molecule has 0 fully saturated rings. The molecule has 0 saturated heterocycles. The first-order chi connectivity index (χ1) is 8.98. The van der Waals surface area contributed by atoms with E-state index in [4.69, 9.17) is 5.73 Å². The second-order valence-electron chi connectivity index (χ2n) is 4.70. The quantitative estimate of drug-likeness (QED) is 0.752. The average molecular weight is 259 g/mol. The number of hydrogen-bond acceptors (Lipinski definition) is 4. The number of carbonyl (C=O) groups excluding carboxylic acids is 1. The maximum Gasteiger partial charge on any atom is 0.203 e. The number of Topliss-reactive ketones (excluding diaryl/α,β-unsaturated/α-hetero) is 1. The van der Waals surface area contributed by atoms with Gasteiger partial charge in [-0.15, -0.1) is 0 Å². The van der Waals surface area contributed by atoms with Gasteiger partial charge in [-0.05, 0) is 18.1 Å². The molecule has 0 aliphatic heterocycles. The van der Waals surface area contributed by atoms with Crippen molar-refractivity contribution in [1.82, 2.24) is 0 Å². The summed E-state index contributed by atoms with van der Waals surface area (Å²) in [6.07, 6.45) is 3.46. The third kappa shape index (κ3) is 2.26. The topological polar surface area (TPSA) is 83.5 Å². The SMILES string of the molecule is CC1=CC=CC(N)C1(O)C(=O)C(O)c1ccccc1. The first-order valence-electron chi connectivity index (χ1n) is 6.08. The second kappa shape index (κ2) is 5.09. The van der Waals surface area contributed by atoms with E-state index in [2.05, 4.69) is 0 Å². The van der Waals surface area contributed by atoms with Crippen LogP contribution in [0.4, 0.5) is 0 Å². The molecule has 0 saturated carbocycles. The van der Waals surface area contributed by atoms with Gasteiger partial charge in [0.25, 0.3) is 0 Å². The fraction of sp³-hybridized carbons (Fsp3) is 0.267. The van der Waals surface area contributed by atoms with E-state index in [1.165, 1.54) is 0 Å². The highest BCUT2D eigenvalue weighted by atomic mass is 16.3. The van der Waals surface area contributed by atoms with Crippen LogP contribution in [-0.2, 0) is 4.79 Å². The molecule has 1 aromatic carbocycles. The number of rotatable bonds is 3. The second-order valence-corrected chi connectivity index (χ2v) is 4.70. The first kappa shape index (κ1) is 13.7. The maximum absolute atomic E-state index is 12.4. The Bertz CT molecular complexity index is 536. The number of hydrogen-bond donors (Lipinski definition) is 3. The van der Waals surface area contributed by atoms with E-state index in [9.17, 15) is 15.0 Å². The minimum Gasteiger partial charge on any atom is -0.380 e. The van der Waals surface area contributed by atoms with Crippen molar-refractivity contribution in [3.8, 4) is 0 Å². The molecule has 4 N–H and O–H groups in total. The molecule has 1 aromatic rings. The Hall–Kier alpha value is -1.75. The van der Waals surface area contributed by atoms with Crippen LogP contribution < -0.4 is 5.73 Å². The Balaban J connectivity index is 2.34. The van der Waals surface area contributed by atoms with Crippen molar-refractivity contribution in [3.63, 3.8) is 0 Å². The molecule has 3 unspecified atom stereocenters. The lowest BCUT2D eigenvalue weighted by Gasteiger charge is -2.35. The number of nitrogens with two attached hydrogens (primary N) is 1. The van der Waals surface area contributed by atoms with Crippen molar-refractivity contribution in [2.45, 2.75) is 24.7 Å². The third-order valence-electron chi connectivity index (χ3n) is 3.49. The summed E-state index contributed by atoms with van der Waals surface area (Å²) in [4.78, 5) is 12.4. The lowest BCUT2D eigenvalue weighted by molar-refractivity contribution is -0.144. The summed E-state index contributed by atoms with van der Waals surface area (Å²) in [5.74, 6) is -0.704. The molecule has 100 valence electrons. The van der Waals surface area contributed by atoms with Gasteiger partial charge in [0.1, 0.15) is 6.10 Å². The maximum atomic E-state index is 12.4. The van der Waals surface area contributed by atoms with E-state index in [1.807, 2.05) is 0 Å². The number of aliphatic hydroxyl groups excluding tert-OH is 1. The highest BCUT2D eigenvalue weighted by molar-refractivity contribution is 5.96. The van der Waals surface area contributed by atoms with Crippen molar-refractivity contribution in [1.29, 1.82) is 0 Å². The average Bonchev–Trinajstić information content (AvgIpc) is 2.44. The van der Waals surface area contributed by atoms with Gasteiger partial charge in [-0.2, -0.15) is 0 Å². The molecule has 1 aliphatic carbocycles. The van der Waals surface area contributed by atoms with Gasteiger partial charge in [0, 0.05) is 0 Å². The fourth-order valence-corrected chi connectivity index (χ4v) is 2.20. The predicted molar refractivity (Wildman–Crippen MR) is 72.2 cm³/mol. The lowest BCUT2D eigenvalue weighted by atomic mass is 9.77. The van der Waals surface area contributed by atoms with Crippen LogP contribution in [0.2, 0.25) is 0 Å². The van der Waals surface area contributed by atoms with Crippen LogP contribution >= 0.6 is 0 Å². The van der Waals surface area contributed by atoms with E-state index in [0.717, 1.165) is 0 Å². The molecular formula is C15H17NO3. The van der Waals surface area contributed by atoms with Crippen LogP contribution in [0.5, 0.6) is 0 Å². The standard InChI is InChI=1S/C15H17NO3/c1-10-6-5-9-12(16)15(10,19)14(18)13(17)11-7-3-2-4-8-11/h2-9,12-13,17,19H,16H2,1H3. The number of ketones is 1. The predicted octanol–water partition coefficient (Wildman–Crippen LogP) is 0.864. The Morgan fingerprint density at radius 3 is 2.58 bits per heavy atom. The molecule has 0 aromatic heterocycles. The van der Waals surface area contributed by atoms with Gasteiger partial charge in [0.15, 0.2) is 5.60 Å². The minimum atomic E-state index is -1.86. The van der Waals surface area contributed by atoms with Gasteiger partial charge < -0.3 is 15.9 Å². The highest BCUT2D eigenvalue weighted by Crippen LogP contribution is 2.30. The zero-order valence-corrected chi connectivity index (χ0v) is 10.7. The monoisotopic (exact) mass is 259 g/mol. The Labute approximate surface area is 111 Å². The van der Waals surface area contributed by atoms with Crippen molar-refractivity contribution in [3.05, 3.63) is 59.7 Å². The van der Waals surface area contributed by atoms with Gasteiger partial charge in [-0.3, -0.25) is 4.79 Å². The van der Waals surface area contributed by atoms with E-state index < -0.39 is 23.5 Å². The molecule has 2 rings (SSSR count). The van der Waals surface area contributed by atoms with Gasteiger partial charge in [-0.1, -0.05) is 48.6 Å². The fourth-order valence-electron chi connectivity index (χ4n) is 2.20. The lowest BCUT2D eigenvalue weighted by Crippen LogP contribution is -2.56. The molecule has 19 heavy (non-hydrogen) atoms.